The first-order chi connectivity index (χ1) is 9.47. The Kier molecular flexibility index (Phi) is 3.97. The van der Waals surface area contributed by atoms with Crippen molar-refractivity contribution in [2.24, 2.45) is 0 Å². The van der Waals surface area contributed by atoms with Crippen molar-refractivity contribution in [2.75, 3.05) is 31.1 Å². The zero-order chi connectivity index (χ0) is 14.8. The topological polar surface area (TPSA) is 54.1 Å². The van der Waals surface area contributed by atoms with E-state index in [9.17, 15) is 5.26 Å². The van der Waals surface area contributed by atoms with Crippen LogP contribution in [0.25, 0.3) is 0 Å². The molecule has 20 heavy (non-hydrogen) atoms. The van der Waals surface area contributed by atoms with Gasteiger partial charge in [0.1, 0.15) is 5.54 Å². The Morgan fingerprint density at radius 1 is 1.10 bits per heavy atom. The molecule has 104 valence electrons. The molecule has 0 bridgehead atoms. The number of nitrogens with zero attached hydrogens (tertiary/aromatic N) is 4. The van der Waals surface area contributed by atoms with Crippen molar-refractivity contribution < 1.29 is 0 Å². The van der Waals surface area contributed by atoms with E-state index in [1.165, 1.54) is 0 Å². The largest absolute Gasteiger partial charge is 0.369 e. The summed E-state index contributed by atoms with van der Waals surface area (Å²) in [4.78, 5) is 4.54. The normalized spacial score (nSPS) is 16.6. The molecule has 4 heteroatoms. The minimum absolute atomic E-state index is 0.396. The molecule has 0 N–H and O–H groups in total. The van der Waals surface area contributed by atoms with Gasteiger partial charge in [-0.25, -0.2) is 0 Å². The lowest BCUT2D eigenvalue weighted by atomic mass is 10.0. The van der Waals surface area contributed by atoms with Crippen LogP contribution in [-0.2, 0) is 0 Å². The van der Waals surface area contributed by atoms with Gasteiger partial charge in [-0.15, -0.1) is 0 Å². The highest BCUT2D eigenvalue weighted by Crippen LogP contribution is 2.22. The van der Waals surface area contributed by atoms with Crippen LogP contribution >= 0.6 is 0 Å². The van der Waals surface area contributed by atoms with Crippen molar-refractivity contribution in [3.05, 3.63) is 29.3 Å². The molecule has 0 saturated carbocycles. The van der Waals surface area contributed by atoms with Crippen LogP contribution in [0.2, 0.25) is 0 Å². The van der Waals surface area contributed by atoms with Crippen molar-refractivity contribution in [1.29, 1.82) is 10.5 Å². The number of hydrogen-bond donors (Lipinski definition) is 0. The van der Waals surface area contributed by atoms with Gasteiger partial charge in [0, 0.05) is 31.9 Å². The average Bonchev–Trinajstić information content (AvgIpc) is 2.47. The maximum atomic E-state index is 9.19. The standard InChI is InChI=1S/C16H20N4/c1-13-10-15(5-4-14(13)11-17)19-6-8-20(9-7-19)16(2,3)12-18/h4-5,10H,6-9H2,1-3H3. The number of hydrogen-bond acceptors (Lipinski definition) is 4. The summed E-state index contributed by atoms with van der Waals surface area (Å²) in [6.45, 7) is 9.51. The van der Waals surface area contributed by atoms with E-state index in [0.29, 0.717) is 0 Å². The molecule has 0 radical (unpaired) electrons. The summed E-state index contributed by atoms with van der Waals surface area (Å²) in [6.07, 6.45) is 0. The summed E-state index contributed by atoms with van der Waals surface area (Å²) in [5.41, 5.74) is 2.52. The molecule has 0 spiro atoms. The quantitative estimate of drug-likeness (QED) is 0.826. The lowest BCUT2D eigenvalue weighted by Crippen LogP contribution is -2.54. The first-order valence-corrected chi connectivity index (χ1v) is 6.90. The molecule has 0 aromatic heterocycles. The number of anilines is 1. The Morgan fingerprint density at radius 3 is 2.25 bits per heavy atom. The van der Waals surface area contributed by atoms with Crippen LogP contribution in [0.3, 0.4) is 0 Å². The Balaban J connectivity index is 2.07. The van der Waals surface area contributed by atoms with Crippen LogP contribution in [0.5, 0.6) is 0 Å². The monoisotopic (exact) mass is 268 g/mol. The first kappa shape index (κ1) is 14.4. The number of rotatable bonds is 2. The van der Waals surface area contributed by atoms with Crippen molar-refractivity contribution >= 4 is 5.69 Å². The van der Waals surface area contributed by atoms with Gasteiger partial charge in [0.05, 0.1) is 17.7 Å². The Labute approximate surface area is 120 Å². The molecule has 4 nitrogen and oxygen atoms in total. The van der Waals surface area contributed by atoms with E-state index in [-0.39, 0.29) is 0 Å². The van der Waals surface area contributed by atoms with Crippen molar-refractivity contribution in [3.63, 3.8) is 0 Å². The highest BCUT2D eigenvalue weighted by molar-refractivity contribution is 5.53. The van der Waals surface area contributed by atoms with Gasteiger partial charge in [0.15, 0.2) is 0 Å². The SMILES string of the molecule is Cc1cc(N2CCN(C(C)(C)C#N)CC2)ccc1C#N. The summed E-state index contributed by atoms with van der Waals surface area (Å²) >= 11 is 0. The number of benzene rings is 1. The third-order valence-electron chi connectivity index (χ3n) is 4.04. The second-order valence-corrected chi connectivity index (χ2v) is 5.76. The Hall–Kier alpha value is -2.04. The van der Waals surface area contributed by atoms with E-state index in [2.05, 4.69) is 28.0 Å². The fraction of sp³-hybridized carbons (Fsp3) is 0.500. The van der Waals surface area contributed by atoms with E-state index in [4.69, 9.17) is 5.26 Å². The predicted octanol–water partition coefficient (Wildman–Crippen LogP) is 2.29. The van der Waals surface area contributed by atoms with Gasteiger partial charge < -0.3 is 4.90 Å². The maximum Gasteiger partial charge on any atom is 0.103 e. The second-order valence-electron chi connectivity index (χ2n) is 5.76. The van der Waals surface area contributed by atoms with Crippen molar-refractivity contribution in [3.8, 4) is 12.1 Å². The summed E-state index contributed by atoms with van der Waals surface area (Å²) in [5.74, 6) is 0. The van der Waals surface area contributed by atoms with Gasteiger partial charge in [0.2, 0.25) is 0 Å². The van der Waals surface area contributed by atoms with Crippen LogP contribution in [0.15, 0.2) is 18.2 Å². The van der Waals surface area contributed by atoms with Gasteiger partial charge >= 0.3 is 0 Å². The smallest absolute Gasteiger partial charge is 0.103 e. The number of nitriles is 2. The molecular weight excluding hydrogens is 248 g/mol. The zero-order valence-electron chi connectivity index (χ0n) is 12.3. The summed E-state index contributed by atoms with van der Waals surface area (Å²) in [5, 5.41) is 18.2. The van der Waals surface area contributed by atoms with Crippen LogP contribution in [0.1, 0.15) is 25.0 Å². The first-order valence-electron chi connectivity index (χ1n) is 6.90. The van der Waals surface area contributed by atoms with E-state index in [0.717, 1.165) is 43.0 Å². The third-order valence-corrected chi connectivity index (χ3v) is 4.04. The number of piperazine rings is 1. The van der Waals surface area contributed by atoms with E-state index >= 15 is 0 Å². The molecule has 1 fully saturated rings. The fourth-order valence-corrected chi connectivity index (χ4v) is 2.56. The average molecular weight is 268 g/mol. The van der Waals surface area contributed by atoms with Gasteiger partial charge in [-0.05, 0) is 44.5 Å². The predicted molar refractivity (Wildman–Crippen MR) is 79.4 cm³/mol. The molecule has 0 amide bonds. The highest BCUT2D eigenvalue weighted by Gasteiger charge is 2.29. The van der Waals surface area contributed by atoms with Crippen LogP contribution in [0.4, 0.5) is 5.69 Å². The van der Waals surface area contributed by atoms with E-state index in [1.807, 2.05) is 32.9 Å². The summed E-state index contributed by atoms with van der Waals surface area (Å²) < 4.78 is 0. The molecule has 0 unspecified atom stereocenters. The lowest BCUT2D eigenvalue weighted by molar-refractivity contribution is 0.158. The molecule has 1 aromatic carbocycles. The maximum absolute atomic E-state index is 9.19. The third kappa shape index (κ3) is 2.76. The second kappa shape index (κ2) is 5.53. The zero-order valence-corrected chi connectivity index (χ0v) is 12.3. The van der Waals surface area contributed by atoms with Crippen LogP contribution in [0, 0.1) is 29.6 Å². The molecule has 1 aliphatic rings. The molecule has 0 atom stereocenters. The van der Waals surface area contributed by atoms with Crippen molar-refractivity contribution in [2.45, 2.75) is 26.3 Å². The van der Waals surface area contributed by atoms with Crippen LogP contribution in [-0.4, -0.2) is 36.6 Å². The minimum Gasteiger partial charge on any atom is -0.369 e. The molecule has 2 rings (SSSR count). The van der Waals surface area contributed by atoms with Gasteiger partial charge in [-0.1, -0.05) is 0 Å². The molecule has 1 aromatic rings. The van der Waals surface area contributed by atoms with Gasteiger partial charge in [-0.3, -0.25) is 4.90 Å². The summed E-state index contributed by atoms with van der Waals surface area (Å²) in [7, 11) is 0. The van der Waals surface area contributed by atoms with Crippen molar-refractivity contribution in [1.82, 2.24) is 4.90 Å². The molecule has 1 saturated heterocycles. The molecule has 1 aliphatic heterocycles. The highest BCUT2D eigenvalue weighted by atomic mass is 15.3. The van der Waals surface area contributed by atoms with Gasteiger partial charge in [-0.2, -0.15) is 10.5 Å². The fourth-order valence-electron chi connectivity index (χ4n) is 2.56. The number of aryl methyl sites for hydroxylation is 1. The van der Waals surface area contributed by atoms with Crippen LogP contribution < -0.4 is 4.90 Å². The Bertz CT molecular complexity index is 569. The van der Waals surface area contributed by atoms with E-state index < -0.39 is 5.54 Å². The molecule has 1 heterocycles. The summed E-state index contributed by atoms with van der Waals surface area (Å²) in [6, 6.07) is 10.5. The van der Waals surface area contributed by atoms with Gasteiger partial charge in [0.25, 0.3) is 0 Å². The lowest BCUT2D eigenvalue weighted by Gasteiger charge is -2.41. The minimum atomic E-state index is -0.396. The molecule has 0 aliphatic carbocycles. The molecular formula is C16H20N4. The Morgan fingerprint density at radius 2 is 1.75 bits per heavy atom. The van der Waals surface area contributed by atoms with E-state index in [1.54, 1.807) is 0 Å².